The highest BCUT2D eigenvalue weighted by Gasteiger charge is 2.54. The van der Waals surface area contributed by atoms with Crippen LogP contribution in [0.2, 0.25) is 0 Å². The maximum absolute atomic E-state index is 14.1. The van der Waals surface area contributed by atoms with Crippen molar-refractivity contribution in [1.29, 1.82) is 0 Å². The molecule has 1 saturated heterocycles. The number of phenolic OH excluding ortho intramolecular Hbond substituents is 1. The summed E-state index contributed by atoms with van der Waals surface area (Å²) in [6.07, 6.45) is 8.50. The Balaban J connectivity index is 1.93. The number of phenols is 1. The Bertz CT molecular complexity index is 1030. The molecule has 4 rings (SSSR count). The van der Waals surface area contributed by atoms with Gasteiger partial charge in [-0.2, -0.15) is 0 Å². The van der Waals surface area contributed by atoms with Crippen molar-refractivity contribution < 1.29 is 24.5 Å². The van der Waals surface area contributed by atoms with Gasteiger partial charge in [-0.3, -0.25) is 9.69 Å². The monoisotopic (exact) mass is 469 g/mol. The lowest BCUT2D eigenvalue weighted by molar-refractivity contribution is -0.145. The number of hydrogen-bond donors (Lipinski definition) is 2. The summed E-state index contributed by atoms with van der Waals surface area (Å²) in [5.74, 6) is -0.979. The minimum absolute atomic E-state index is 0.0640. The number of benzene rings is 1. The lowest BCUT2D eigenvalue weighted by Gasteiger charge is -2.47. The number of rotatable bonds is 7. The summed E-state index contributed by atoms with van der Waals surface area (Å²) in [6.45, 7) is 8.96. The van der Waals surface area contributed by atoms with Crippen molar-refractivity contribution in [3.63, 3.8) is 0 Å². The lowest BCUT2D eigenvalue weighted by atomic mass is 9.67. The Morgan fingerprint density at radius 1 is 1.26 bits per heavy atom. The molecule has 0 bridgehead atoms. The minimum atomic E-state index is -1.64. The van der Waals surface area contributed by atoms with Gasteiger partial charge in [-0.25, -0.2) is 4.79 Å². The third kappa shape index (κ3) is 3.84. The number of unbranched alkanes of at least 4 members (excludes halogenated alkanes) is 2. The van der Waals surface area contributed by atoms with Gasteiger partial charge >= 0.3 is 5.97 Å². The number of carboxylic acids is 1. The third-order valence-corrected chi connectivity index (χ3v) is 8.42. The quantitative estimate of drug-likeness (QED) is 0.238. The van der Waals surface area contributed by atoms with E-state index in [1.807, 2.05) is 6.07 Å². The van der Waals surface area contributed by atoms with Gasteiger partial charge in [-0.05, 0) is 84.5 Å². The predicted octanol–water partition coefficient (Wildman–Crippen LogP) is 5.47. The minimum Gasteiger partial charge on any atom is -0.507 e. The van der Waals surface area contributed by atoms with Gasteiger partial charge in [0.05, 0.1) is 5.56 Å². The van der Waals surface area contributed by atoms with Gasteiger partial charge in [0.1, 0.15) is 17.1 Å². The second-order valence-corrected chi connectivity index (χ2v) is 11.0. The highest BCUT2D eigenvalue weighted by molar-refractivity contribution is 6.18. The van der Waals surface area contributed by atoms with Crippen molar-refractivity contribution in [3.05, 3.63) is 34.4 Å². The van der Waals surface area contributed by atoms with Crippen LogP contribution in [0.5, 0.6) is 11.5 Å². The first kappa shape index (κ1) is 24.8. The van der Waals surface area contributed by atoms with Crippen molar-refractivity contribution in [1.82, 2.24) is 4.90 Å². The Labute approximate surface area is 203 Å². The van der Waals surface area contributed by atoms with E-state index in [1.54, 1.807) is 11.9 Å². The van der Waals surface area contributed by atoms with E-state index in [4.69, 9.17) is 4.74 Å². The summed E-state index contributed by atoms with van der Waals surface area (Å²) in [4.78, 5) is 28.2. The summed E-state index contributed by atoms with van der Waals surface area (Å²) in [6, 6.07) is 1.91. The molecule has 186 valence electrons. The maximum Gasteiger partial charge on any atom is 0.332 e. The number of ether oxygens (including phenoxy) is 1. The first-order valence-corrected chi connectivity index (χ1v) is 12.8. The molecule has 6 nitrogen and oxygen atoms in total. The topological polar surface area (TPSA) is 87.1 Å². The second-order valence-electron chi connectivity index (χ2n) is 11.0. The van der Waals surface area contributed by atoms with Crippen molar-refractivity contribution in [2.75, 3.05) is 13.6 Å². The first-order chi connectivity index (χ1) is 16.0. The molecule has 0 amide bonds. The van der Waals surface area contributed by atoms with Crippen molar-refractivity contribution in [2.24, 2.45) is 5.92 Å². The molecule has 0 spiro atoms. The van der Waals surface area contributed by atoms with Crippen LogP contribution in [0.15, 0.2) is 17.7 Å². The van der Waals surface area contributed by atoms with Gasteiger partial charge in [0, 0.05) is 17.4 Å². The van der Waals surface area contributed by atoms with E-state index < -0.39 is 22.9 Å². The van der Waals surface area contributed by atoms with Crippen LogP contribution in [0.3, 0.4) is 0 Å². The summed E-state index contributed by atoms with van der Waals surface area (Å²) < 4.78 is 6.48. The van der Waals surface area contributed by atoms with Gasteiger partial charge in [-0.15, -0.1) is 0 Å². The van der Waals surface area contributed by atoms with Gasteiger partial charge in [0.15, 0.2) is 11.3 Å². The molecule has 3 atom stereocenters. The Morgan fingerprint density at radius 3 is 2.62 bits per heavy atom. The number of allylic oxidation sites excluding steroid dienone is 2. The number of hydrogen-bond acceptors (Lipinski definition) is 5. The Kier molecular flexibility index (Phi) is 6.58. The number of nitrogens with zero attached hydrogens (tertiary/aromatic N) is 1. The lowest BCUT2D eigenvalue weighted by Crippen LogP contribution is -2.55. The van der Waals surface area contributed by atoms with Crippen LogP contribution in [0.25, 0.3) is 0 Å². The molecule has 2 unspecified atom stereocenters. The summed E-state index contributed by atoms with van der Waals surface area (Å²) >= 11 is 0. The van der Waals surface area contributed by atoms with E-state index in [0.717, 1.165) is 32.1 Å². The van der Waals surface area contributed by atoms with Crippen LogP contribution >= 0.6 is 0 Å². The number of carboxylic acid groups (broad SMARTS) is 1. The molecular weight excluding hydrogens is 430 g/mol. The van der Waals surface area contributed by atoms with Gasteiger partial charge in [-0.1, -0.05) is 31.4 Å². The van der Waals surface area contributed by atoms with Gasteiger partial charge < -0.3 is 14.9 Å². The molecule has 1 aliphatic carbocycles. The van der Waals surface area contributed by atoms with Crippen LogP contribution in [-0.4, -0.2) is 51.6 Å². The van der Waals surface area contributed by atoms with Crippen LogP contribution in [0.4, 0.5) is 0 Å². The number of likely N-dealkylation sites (N-methyl/N-ethyl adjacent to an activating group) is 1. The zero-order chi connectivity index (χ0) is 24.8. The molecule has 0 saturated carbocycles. The van der Waals surface area contributed by atoms with Crippen LogP contribution < -0.4 is 4.74 Å². The summed E-state index contributed by atoms with van der Waals surface area (Å²) in [5, 5.41) is 22.0. The highest BCUT2D eigenvalue weighted by Crippen LogP contribution is 2.55. The fraction of sp³-hybridized carbons (Fsp3) is 0.643. The zero-order valence-electron chi connectivity index (χ0n) is 21.2. The fourth-order valence-corrected chi connectivity index (χ4v) is 6.44. The molecule has 3 aliphatic rings. The number of aromatic hydroxyl groups is 1. The van der Waals surface area contributed by atoms with Crippen molar-refractivity contribution in [3.8, 4) is 11.5 Å². The first-order valence-electron chi connectivity index (χ1n) is 12.8. The Hall–Kier alpha value is -2.34. The van der Waals surface area contributed by atoms with E-state index in [9.17, 15) is 19.8 Å². The van der Waals surface area contributed by atoms with Crippen LogP contribution in [0.1, 0.15) is 100 Å². The number of likely N-dealkylation sites (tertiary alicyclic amines) is 1. The molecule has 1 aromatic carbocycles. The van der Waals surface area contributed by atoms with E-state index in [2.05, 4.69) is 33.8 Å². The van der Waals surface area contributed by atoms with E-state index in [1.165, 1.54) is 5.57 Å². The van der Waals surface area contributed by atoms with Gasteiger partial charge in [0.2, 0.25) is 0 Å². The number of Topliss-reactive ketones (excluding diaryl/α,β-unsaturated/α-hetero) is 1. The SMILES string of the molecule is CCCCCc1cc2c(c(O)c1C(=O)[C@]1(C(=O)O)CCCN1C)C1C=C(C)CCC1C(C)(C)O2. The Morgan fingerprint density at radius 2 is 2.00 bits per heavy atom. The van der Waals surface area contributed by atoms with Crippen LogP contribution in [0, 0.1) is 5.92 Å². The smallest absolute Gasteiger partial charge is 0.332 e. The molecule has 1 aromatic rings. The fourth-order valence-electron chi connectivity index (χ4n) is 6.44. The molecule has 1 fully saturated rings. The normalized spacial score (nSPS) is 28.0. The molecule has 2 heterocycles. The maximum atomic E-state index is 14.1. The molecule has 2 N–H and O–H groups in total. The predicted molar refractivity (Wildman–Crippen MR) is 132 cm³/mol. The largest absolute Gasteiger partial charge is 0.507 e. The number of fused-ring (bicyclic) bond motifs is 3. The van der Waals surface area contributed by atoms with E-state index in [0.29, 0.717) is 36.3 Å². The number of carbonyl (C=O) groups excluding carboxylic acids is 1. The second kappa shape index (κ2) is 9.03. The molecular formula is C28H39NO5. The molecule has 6 heteroatoms. The number of ketones is 1. The number of aryl methyl sites for hydroxylation is 1. The standard InChI is InChI=1S/C28H39NO5/c1-6-7-8-10-18-16-21-23(19-15-17(2)11-12-20(19)27(3,4)34-21)24(30)22(18)25(31)28(26(32)33)13-9-14-29(28)5/h15-16,19-20,30H,6-14H2,1-5H3,(H,32,33)/t19?,20?,28-/m0/s1. The average Bonchev–Trinajstić information content (AvgIpc) is 3.15. The number of carbonyl (C=O) groups is 2. The molecule has 0 aromatic heterocycles. The molecule has 0 radical (unpaired) electrons. The van der Waals surface area contributed by atoms with Crippen molar-refractivity contribution in [2.45, 2.75) is 96.1 Å². The third-order valence-electron chi connectivity index (χ3n) is 8.42. The summed E-state index contributed by atoms with van der Waals surface area (Å²) in [5.41, 5.74) is 0.749. The zero-order valence-corrected chi connectivity index (χ0v) is 21.2. The van der Waals surface area contributed by atoms with Crippen LogP contribution in [-0.2, 0) is 11.2 Å². The van der Waals surface area contributed by atoms with Gasteiger partial charge in [0.25, 0.3) is 0 Å². The summed E-state index contributed by atoms with van der Waals surface area (Å²) in [7, 11) is 1.69. The average molecular weight is 470 g/mol. The molecule has 34 heavy (non-hydrogen) atoms. The highest BCUT2D eigenvalue weighted by atomic mass is 16.5. The molecule has 2 aliphatic heterocycles. The van der Waals surface area contributed by atoms with Crippen molar-refractivity contribution >= 4 is 11.8 Å². The number of aliphatic carboxylic acids is 1. The van der Waals surface area contributed by atoms with E-state index in [-0.39, 0.29) is 29.6 Å². The van der Waals surface area contributed by atoms with E-state index >= 15 is 0 Å².